The summed E-state index contributed by atoms with van der Waals surface area (Å²) >= 11 is 7.19. The van der Waals surface area contributed by atoms with Gasteiger partial charge in [0, 0.05) is 12.6 Å². The molecule has 1 aliphatic rings. The van der Waals surface area contributed by atoms with Crippen LogP contribution in [0.5, 0.6) is 0 Å². The maximum Gasteiger partial charge on any atom is 0.261 e. The number of carbonyl (C=O) groups is 1. The Morgan fingerprint density at radius 2 is 2.10 bits per heavy atom. The van der Waals surface area contributed by atoms with Gasteiger partial charge in [-0.25, -0.2) is 14.4 Å². The molecule has 1 amide bonds. The van der Waals surface area contributed by atoms with Gasteiger partial charge in [-0.05, 0) is 56.7 Å². The van der Waals surface area contributed by atoms with E-state index >= 15 is 0 Å². The van der Waals surface area contributed by atoms with E-state index in [4.69, 9.17) is 11.6 Å². The second-order valence-electron chi connectivity index (χ2n) is 7.20. The molecule has 1 aromatic carbocycles. The lowest BCUT2D eigenvalue weighted by molar-refractivity contribution is 0.0921. The number of nitrogens with one attached hydrogen (secondary N) is 2. The standard InChI is InChI=1S/C20H21ClFN5OS/c1-27-6-4-13(5-7-27)26-19(28)17-9-14-18(24-11-25-20(14)29-17)23-10-12-2-3-16(22)15(21)8-12/h2-3,8-9,11,13H,4-7,10H2,1H3,(H,26,28)(H,23,24,25). The number of benzene rings is 1. The van der Waals surface area contributed by atoms with E-state index in [1.54, 1.807) is 12.1 Å². The van der Waals surface area contributed by atoms with Crippen LogP contribution in [0, 0.1) is 5.82 Å². The second kappa shape index (κ2) is 8.61. The van der Waals surface area contributed by atoms with Crippen molar-refractivity contribution in [3.8, 4) is 0 Å². The number of piperidine rings is 1. The second-order valence-corrected chi connectivity index (χ2v) is 8.64. The van der Waals surface area contributed by atoms with Crippen LogP contribution < -0.4 is 10.6 Å². The van der Waals surface area contributed by atoms with Crippen molar-refractivity contribution in [2.75, 3.05) is 25.5 Å². The Morgan fingerprint density at radius 3 is 2.86 bits per heavy atom. The fourth-order valence-corrected chi connectivity index (χ4v) is 4.46. The van der Waals surface area contributed by atoms with Crippen molar-refractivity contribution in [2.45, 2.75) is 25.4 Å². The molecule has 9 heteroatoms. The molecule has 0 radical (unpaired) electrons. The molecule has 1 aliphatic heterocycles. The minimum absolute atomic E-state index is 0.0705. The Kier molecular flexibility index (Phi) is 5.94. The minimum atomic E-state index is -0.446. The van der Waals surface area contributed by atoms with Crippen molar-refractivity contribution in [3.05, 3.63) is 51.9 Å². The number of hydrogen-bond donors (Lipinski definition) is 2. The number of nitrogens with zero attached hydrogens (tertiary/aromatic N) is 3. The fraction of sp³-hybridized carbons (Fsp3) is 0.350. The van der Waals surface area contributed by atoms with Crippen LogP contribution in [-0.4, -0.2) is 47.0 Å². The summed E-state index contributed by atoms with van der Waals surface area (Å²) in [5, 5.41) is 7.23. The molecule has 0 aliphatic carbocycles. The lowest BCUT2D eigenvalue weighted by atomic mass is 10.1. The highest BCUT2D eigenvalue weighted by atomic mass is 35.5. The number of hydrogen-bond acceptors (Lipinski definition) is 6. The molecule has 1 fully saturated rings. The Balaban J connectivity index is 1.47. The maximum atomic E-state index is 13.3. The molecule has 3 aromatic rings. The summed E-state index contributed by atoms with van der Waals surface area (Å²) in [5.74, 6) is 0.113. The Morgan fingerprint density at radius 1 is 1.31 bits per heavy atom. The van der Waals surface area contributed by atoms with Crippen LogP contribution in [0.2, 0.25) is 5.02 Å². The molecular formula is C20H21ClFN5OS. The van der Waals surface area contributed by atoms with Crippen LogP contribution in [0.25, 0.3) is 10.2 Å². The predicted molar refractivity (Wildman–Crippen MR) is 114 cm³/mol. The minimum Gasteiger partial charge on any atom is -0.365 e. The first-order valence-electron chi connectivity index (χ1n) is 9.41. The number of amides is 1. The van der Waals surface area contributed by atoms with Gasteiger partial charge in [-0.1, -0.05) is 17.7 Å². The summed E-state index contributed by atoms with van der Waals surface area (Å²) in [7, 11) is 2.09. The normalized spacial score (nSPS) is 15.6. The highest BCUT2D eigenvalue weighted by Crippen LogP contribution is 2.29. The molecule has 0 unspecified atom stereocenters. The topological polar surface area (TPSA) is 70.2 Å². The zero-order valence-corrected chi connectivity index (χ0v) is 17.5. The lowest BCUT2D eigenvalue weighted by Crippen LogP contribution is -2.43. The van der Waals surface area contributed by atoms with Crippen molar-refractivity contribution in [2.24, 2.45) is 0 Å². The molecule has 6 nitrogen and oxygen atoms in total. The summed E-state index contributed by atoms with van der Waals surface area (Å²) in [6.45, 7) is 2.41. The zero-order valence-electron chi connectivity index (χ0n) is 15.9. The molecular weight excluding hydrogens is 413 g/mol. The molecule has 1 saturated heterocycles. The fourth-order valence-electron chi connectivity index (χ4n) is 3.35. The molecule has 29 heavy (non-hydrogen) atoms. The van der Waals surface area contributed by atoms with Crippen LogP contribution in [-0.2, 0) is 6.54 Å². The number of aromatic nitrogens is 2. The molecule has 2 N–H and O–H groups in total. The first kappa shape index (κ1) is 20.0. The Labute approximate surface area is 177 Å². The van der Waals surface area contributed by atoms with Gasteiger partial charge in [-0.3, -0.25) is 4.79 Å². The molecule has 4 rings (SSSR count). The van der Waals surface area contributed by atoms with Gasteiger partial charge in [0.1, 0.15) is 22.8 Å². The van der Waals surface area contributed by atoms with Gasteiger partial charge in [0.2, 0.25) is 0 Å². The van der Waals surface area contributed by atoms with Gasteiger partial charge in [0.15, 0.2) is 0 Å². The molecule has 2 aromatic heterocycles. The SMILES string of the molecule is CN1CCC(NC(=O)c2cc3c(NCc4ccc(F)c(Cl)c4)ncnc3s2)CC1. The quantitative estimate of drug-likeness (QED) is 0.638. The molecule has 3 heterocycles. The average Bonchev–Trinajstić information content (AvgIpc) is 3.16. The first-order chi connectivity index (χ1) is 14.0. The van der Waals surface area contributed by atoms with Gasteiger partial charge < -0.3 is 15.5 Å². The van der Waals surface area contributed by atoms with Gasteiger partial charge in [-0.2, -0.15) is 0 Å². The van der Waals surface area contributed by atoms with Gasteiger partial charge in [0.25, 0.3) is 5.91 Å². The number of likely N-dealkylation sites (tertiary alicyclic amines) is 1. The van der Waals surface area contributed by atoms with Crippen LogP contribution in [0.3, 0.4) is 0 Å². The molecule has 0 spiro atoms. The Hall–Kier alpha value is -2.29. The molecule has 0 saturated carbocycles. The summed E-state index contributed by atoms with van der Waals surface area (Å²) in [6, 6.07) is 6.61. The van der Waals surface area contributed by atoms with Gasteiger partial charge >= 0.3 is 0 Å². The molecule has 152 valence electrons. The highest BCUT2D eigenvalue weighted by molar-refractivity contribution is 7.20. The van der Waals surface area contributed by atoms with Crippen molar-refractivity contribution in [1.82, 2.24) is 20.2 Å². The maximum absolute atomic E-state index is 13.3. The predicted octanol–water partition coefficient (Wildman–Crippen LogP) is 3.92. The van der Waals surface area contributed by atoms with E-state index in [0.717, 1.165) is 41.7 Å². The van der Waals surface area contributed by atoms with Crippen LogP contribution in [0.1, 0.15) is 28.1 Å². The van der Waals surface area contributed by atoms with E-state index in [-0.39, 0.29) is 17.0 Å². The lowest BCUT2D eigenvalue weighted by Gasteiger charge is -2.29. The third-order valence-corrected chi connectivity index (χ3v) is 6.38. The van der Waals surface area contributed by atoms with E-state index < -0.39 is 5.82 Å². The van der Waals surface area contributed by atoms with Crippen LogP contribution >= 0.6 is 22.9 Å². The van der Waals surface area contributed by atoms with Crippen LogP contribution in [0.4, 0.5) is 10.2 Å². The summed E-state index contributed by atoms with van der Waals surface area (Å²) in [6.07, 6.45) is 3.39. The van der Waals surface area contributed by atoms with E-state index in [2.05, 4.69) is 32.5 Å². The van der Waals surface area contributed by atoms with Crippen LogP contribution in [0.15, 0.2) is 30.6 Å². The van der Waals surface area contributed by atoms with Crippen molar-refractivity contribution >= 4 is 44.9 Å². The van der Waals surface area contributed by atoms with Gasteiger partial charge in [-0.15, -0.1) is 11.3 Å². The van der Waals surface area contributed by atoms with Crippen molar-refractivity contribution in [3.63, 3.8) is 0 Å². The third kappa shape index (κ3) is 4.66. The largest absolute Gasteiger partial charge is 0.365 e. The molecule has 0 bridgehead atoms. The number of anilines is 1. The number of thiophene rings is 1. The highest BCUT2D eigenvalue weighted by Gasteiger charge is 2.21. The van der Waals surface area contributed by atoms with E-state index in [1.165, 1.54) is 23.7 Å². The molecule has 0 atom stereocenters. The number of fused-ring (bicyclic) bond motifs is 1. The number of rotatable bonds is 5. The smallest absolute Gasteiger partial charge is 0.261 e. The van der Waals surface area contributed by atoms with Crippen molar-refractivity contribution < 1.29 is 9.18 Å². The monoisotopic (exact) mass is 433 g/mol. The average molecular weight is 434 g/mol. The summed E-state index contributed by atoms with van der Waals surface area (Å²) < 4.78 is 13.3. The van der Waals surface area contributed by atoms with E-state index in [1.807, 2.05) is 6.07 Å². The summed E-state index contributed by atoms with van der Waals surface area (Å²) in [5.41, 5.74) is 0.832. The van der Waals surface area contributed by atoms with Gasteiger partial charge in [0.05, 0.1) is 15.3 Å². The summed E-state index contributed by atoms with van der Waals surface area (Å²) in [4.78, 5) is 24.9. The number of carbonyl (C=O) groups excluding carboxylic acids is 1. The zero-order chi connectivity index (χ0) is 20.4. The number of halogens is 2. The Bertz CT molecular complexity index is 1030. The van der Waals surface area contributed by atoms with Crippen molar-refractivity contribution in [1.29, 1.82) is 0 Å². The van der Waals surface area contributed by atoms with E-state index in [0.29, 0.717) is 17.2 Å². The van der Waals surface area contributed by atoms with E-state index in [9.17, 15) is 9.18 Å². The first-order valence-corrected chi connectivity index (χ1v) is 10.6. The third-order valence-electron chi connectivity index (χ3n) is 5.05.